The highest BCUT2D eigenvalue weighted by molar-refractivity contribution is 5.67. The van der Waals surface area contributed by atoms with Crippen LogP contribution in [-0.2, 0) is 12.8 Å². The van der Waals surface area contributed by atoms with Crippen molar-refractivity contribution in [1.82, 2.24) is 0 Å². The number of hydrogen-bond donors (Lipinski definition) is 1. The van der Waals surface area contributed by atoms with Crippen LogP contribution in [0.15, 0.2) is 60.7 Å². The van der Waals surface area contributed by atoms with E-state index < -0.39 is 11.6 Å². The van der Waals surface area contributed by atoms with Crippen LogP contribution >= 0.6 is 0 Å². The minimum absolute atomic E-state index is 0.175. The summed E-state index contributed by atoms with van der Waals surface area (Å²) in [4.78, 5) is 0. The predicted octanol–water partition coefficient (Wildman–Crippen LogP) is 5.31. The molecule has 0 bridgehead atoms. The SMILES string of the molecule is Cc1ccc(CCc2ccc(-c3ccc(N)c(F)c3F)cc2)cc1. The van der Waals surface area contributed by atoms with Gasteiger partial charge in [0.15, 0.2) is 11.6 Å². The Labute approximate surface area is 140 Å². The minimum Gasteiger partial charge on any atom is -0.396 e. The molecule has 0 aromatic heterocycles. The Morgan fingerprint density at radius 1 is 0.708 bits per heavy atom. The summed E-state index contributed by atoms with van der Waals surface area (Å²) in [5, 5.41) is 0. The molecule has 0 spiro atoms. The van der Waals surface area contributed by atoms with E-state index in [0.717, 1.165) is 18.4 Å². The molecule has 0 aliphatic heterocycles. The molecule has 24 heavy (non-hydrogen) atoms. The van der Waals surface area contributed by atoms with Gasteiger partial charge >= 0.3 is 0 Å². The molecule has 0 aliphatic rings. The molecule has 3 aromatic rings. The molecule has 0 unspecified atom stereocenters. The topological polar surface area (TPSA) is 26.0 Å². The van der Waals surface area contributed by atoms with E-state index in [2.05, 4.69) is 31.2 Å². The maximum absolute atomic E-state index is 14.0. The molecule has 0 aliphatic carbocycles. The minimum atomic E-state index is -0.990. The monoisotopic (exact) mass is 323 g/mol. The molecular weight excluding hydrogens is 304 g/mol. The molecule has 3 rings (SSSR count). The zero-order valence-corrected chi connectivity index (χ0v) is 13.5. The third-order valence-electron chi connectivity index (χ3n) is 4.20. The van der Waals surface area contributed by atoms with E-state index >= 15 is 0 Å². The summed E-state index contributed by atoms with van der Waals surface area (Å²) in [6, 6.07) is 18.9. The fourth-order valence-corrected chi connectivity index (χ4v) is 2.68. The first-order valence-electron chi connectivity index (χ1n) is 7.93. The molecule has 0 radical (unpaired) electrons. The maximum Gasteiger partial charge on any atom is 0.182 e. The molecule has 0 saturated carbocycles. The molecule has 0 saturated heterocycles. The highest BCUT2D eigenvalue weighted by Gasteiger charge is 2.12. The van der Waals surface area contributed by atoms with Crippen LogP contribution in [0.3, 0.4) is 0 Å². The lowest BCUT2D eigenvalue weighted by Gasteiger charge is -2.08. The van der Waals surface area contributed by atoms with Crippen molar-refractivity contribution in [3.63, 3.8) is 0 Å². The number of rotatable bonds is 4. The van der Waals surface area contributed by atoms with Gasteiger partial charge in [-0.1, -0.05) is 54.1 Å². The third-order valence-corrected chi connectivity index (χ3v) is 4.20. The first-order valence-corrected chi connectivity index (χ1v) is 7.93. The van der Waals surface area contributed by atoms with Gasteiger partial charge in [0.2, 0.25) is 0 Å². The average molecular weight is 323 g/mol. The van der Waals surface area contributed by atoms with Crippen molar-refractivity contribution in [2.75, 3.05) is 5.73 Å². The second-order valence-corrected chi connectivity index (χ2v) is 6.01. The number of hydrogen-bond acceptors (Lipinski definition) is 1. The van der Waals surface area contributed by atoms with Gasteiger partial charge in [0.05, 0.1) is 5.69 Å². The van der Waals surface area contributed by atoms with Crippen LogP contribution in [0.5, 0.6) is 0 Å². The molecule has 2 N–H and O–H groups in total. The van der Waals surface area contributed by atoms with Crippen LogP contribution in [0, 0.1) is 18.6 Å². The molecule has 0 atom stereocenters. The summed E-state index contributed by atoms with van der Waals surface area (Å²) in [6.45, 7) is 2.07. The van der Waals surface area contributed by atoms with Crippen molar-refractivity contribution in [1.29, 1.82) is 0 Å². The van der Waals surface area contributed by atoms with E-state index in [1.807, 2.05) is 24.3 Å². The van der Waals surface area contributed by atoms with Gasteiger partial charge in [0.25, 0.3) is 0 Å². The van der Waals surface area contributed by atoms with Crippen LogP contribution in [-0.4, -0.2) is 0 Å². The average Bonchev–Trinajstić information content (AvgIpc) is 2.60. The number of nitrogen functional groups attached to an aromatic ring is 1. The molecular formula is C21H19F2N. The van der Waals surface area contributed by atoms with E-state index in [9.17, 15) is 8.78 Å². The van der Waals surface area contributed by atoms with Crippen LogP contribution in [0.25, 0.3) is 11.1 Å². The van der Waals surface area contributed by atoms with Gasteiger partial charge < -0.3 is 5.73 Å². The quantitative estimate of drug-likeness (QED) is 0.647. The highest BCUT2D eigenvalue weighted by atomic mass is 19.2. The first-order chi connectivity index (χ1) is 11.5. The largest absolute Gasteiger partial charge is 0.396 e. The van der Waals surface area contributed by atoms with E-state index in [1.165, 1.54) is 23.3 Å². The van der Waals surface area contributed by atoms with E-state index in [4.69, 9.17) is 5.73 Å². The highest BCUT2D eigenvalue weighted by Crippen LogP contribution is 2.27. The Bertz CT molecular complexity index is 837. The fourth-order valence-electron chi connectivity index (χ4n) is 2.68. The first kappa shape index (κ1) is 16.2. The molecule has 0 heterocycles. The standard InChI is InChI=1S/C21H19F2N/c1-14-2-4-15(5-3-14)6-7-16-8-10-17(11-9-16)18-12-13-19(24)21(23)20(18)22/h2-5,8-13H,6-7,24H2,1H3. The van der Waals surface area contributed by atoms with E-state index in [-0.39, 0.29) is 11.3 Å². The zero-order valence-electron chi connectivity index (χ0n) is 13.5. The third kappa shape index (κ3) is 3.46. The number of anilines is 1. The van der Waals surface area contributed by atoms with Crippen molar-refractivity contribution in [2.24, 2.45) is 0 Å². The van der Waals surface area contributed by atoms with Gasteiger partial charge in [-0.15, -0.1) is 0 Å². The van der Waals surface area contributed by atoms with Gasteiger partial charge in [0.1, 0.15) is 0 Å². The van der Waals surface area contributed by atoms with Gasteiger partial charge in [0, 0.05) is 5.56 Å². The Hall–Kier alpha value is -2.68. The van der Waals surface area contributed by atoms with E-state index in [1.54, 1.807) is 0 Å². The molecule has 0 amide bonds. The van der Waals surface area contributed by atoms with Crippen molar-refractivity contribution in [3.05, 3.63) is 89.0 Å². The van der Waals surface area contributed by atoms with Crippen LogP contribution < -0.4 is 5.73 Å². The fraction of sp³-hybridized carbons (Fsp3) is 0.143. The summed E-state index contributed by atoms with van der Waals surface area (Å²) in [6.07, 6.45) is 1.85. The second kappa shape index (κ2) is 6.83. The van der Waals surface area contributed by atoms with Gasteiger partial charge in [-0.3, -0.25) is 0 Å². The second-order valence-electron chi connectivity index (χ2n) is 6.01. The lowest BCUT2D eigenvalue weighted by Crippen LogP contribution is -1.97. The summed E-state index contributed by atoms with van der Waals surface area (Å²) in [5.41, 5.74) is 9.78. The Kier molecular flexibility index (Phi) is 4.61. The summed E-state index contributed by atoms with van der Waals surface area (Å²) in [5.74, 6) is -1.89. The predicted molar refractivity (Wildman–Crippen MR) is 94.8 cm³/mol. The summed E-state index contributed by atoms with van der Waals surface area (Å²) in [7, 11) is 0. The van der Waals surface area contributed by atoms with Crippen LogP contribution in [0.4, 0.5) is 14.5 Å². The maximum atomic E-state index is 14.0. The van der Waals surface area contributed by atoms with Gasteiger partial charge in [-0.25, -0.2) is 8.78 Å². The van der Waals surface area contributed by atoms with Crippen molar-refractivity contribution < 1.29 is 8.78 Å². The molecule has 3 aromatic carbocycles. The number of aryl methyl sites for hydroxylation is 3. The van der Waals surface area contributed by atoms with Gasteiger partial charge in [-0.2, -0.15) is 0 Å². The van der Waals surface area contributed by atoms with Crippen molar-refractivity contribution >= 4 is 5.69 Å². The number of halogens is 2. The molecule has 122 valence electrons. The normalized spacial score (nSPS) is 10.8. The van der Waals surface area contributed by atoms with Crippen LogP contribution in [0.1, 0.15) is 16.7 Å². The van der Waals surface area contributed by atoms with Gasteiger partial charge in [-0.05, 0) is 48.6 Å². The Balaban J connectivity index is 1.74. The Morgan fingerprint density at radius 2 is 1.25 bits per heavy atom. The molecule has 0 fully saturated rings. The van der Waals surface area contributed by atoms with Crippen LogP contribution in [0.2, 0.25) is 0 Å². The summed E-state index contributed by atoms with van der Waals surface area (Å²) >= 11 is 0. The van der Waals surface area contributed by atoms with Crippen molar-refractivity contribution in [2.45, 2.75) is 19.8 Å². The lowest BCUT2D eigenvalue weighted by atomic mass is 9.99. The van der Waals surface area contributed by atoms with Crippen molar-refractivity contribution in [3.8, 4) is 11.1 Å². The lowest BCUT2D eigenvalue weighted by molar-refractivity contribution is 0.514. The molecule has 1 nitrogen and oxygen atoms in total. The number of nitrogens with two attached hydrogens (primary N) is 1. The number of benzene rings is 3. The summed E-state index contributed by atoms with van der Waals surface area (Å²) < 4.78 is 27.6. The smallest absolute Gasteiger partial charge is 0.182 e. The molecule has 3 heteroatoms. The van der Waals surface area contributed by atoms with E-state index in [0.29, 0.717) is 5.56 Å². The zero-order chi connectivity index (χ0) is 17.1. The Morgan fingerprint density at radius 3 is 1.83 bits per heavy atom.